The number of nitrogens with zero attached hydrogens (tertiary/aromatic N) is 1. The molecule has 0 unspecified atom stereocenters. The predicted molar refractivity (Wildman–Crippen MR) is 75.4 cm³/mol. The van der Waals surface area contributed by atoms with Gasteiger partial charge in [-0.2, -0.15) is 0 Å². The van der Waals surface area contributed by atoms with Gasteiger partial charge in [-0.1, -0.05) is 23.7 Å². The summed E-state index contributed by atoms with van der Waals surface area (Å²) in [6.45, 7) is 0. The first-order valence-electron chi connectivity index (χ1n) is 5.41. The lowest BCUT2D eigenvalue weighted by molar-refractivity contribution is -0.385. The average molecular weight is 313 g/mol. The monoisotopic (exact) mass is 312 g/mol. The Balaban J connectivity index is 2.35. The van der Waals surface area contributed by atoms with Crippen LogP contribution in [0, 0.1) is 10.1 Å². The van der Waals surface area contributed by atoms with E-state index in [2.05, 4.69) is 4.72 Å². The second-order valence-corrected chi connectivity index (χ2v) is 5.99. The summed E-state index contributed by atoms with van der Waals surface area (Å²) < 4.78 is 26.5. The lowest BCUT2D eigenvalue weighted by Gasteiger charge is -2.08. The number of benzene rings is 2. The first kappa shape index (κ1) is 14.3. The Hall–Kier alpha value is -2.12. The maximum atomic E-state index is 12.1. The van der Waals surface area contributed by atoms with Crippen LogP contribution in [0.4, 0.5) is 11.4 Å². The molecular formula is C12H9ClN2O4S. The van der Waals surface area contributed by atoms with Gasteiger partial charge in [0.05, 0.1) is 15.5 Å². The average Bonchev–Trinajstić information content (AvgIpc) is 2.38. The lowest BCUT2D eigenvalue weighted by atomic mass is 10.3. The predicted octanol–water partition coefficient (Wildman–Crippen LogP) is 3.05. The minimum absolute atomic E-state index is 0.188. The summed E-state index contributed by atoms with van der Waals surface area (Å²) in [4.78, 5) is 9.81. The van der Waals surface area contributed by atoms with Crippen molar-refractivity contribution in [2.24, 2.45) is 0 Å². The van der Waals surface area contributed by atoms with Gasteiger partial charge < -0.3 is 0 Å². The van der Waals surface area contributed by atoms with Crippen LogP contribution in [-0.4, -0.2) is 13.3 Å². The molecule has 0 saturated carbocycles. The molecule has 0 spiro atoms. The number of non-ortho nitro benzene ring substituents is 1. The van der Waals surface area contributed by atoms with Crippen molar-refractivity contribution >= 4 is 33.0 Å². The van der Waals surface area contributed by atoms with E-state index in [-0.39, 0.29) is 16.3 Å². The first-order valence-corrected chi connectivity index (χ1v) is 7.27. The molecule has 0 aliphatic rings. The van der Waals surface area contributed by atoms with Gasteiger partial charge >= 0.3 is 0 Å². The number of halogens is 1. The molecule has 0 aromatic heterocycles. The Morgan fingerprint density at radius 1 is 1.10 bits per heavy atom. The largest absolute Gasteiger partial charge is 0.280 e. The molecule has 0 radical (unpaired) electrons. The number of sulfonamides is 1. The molecule has 2 aromatic rings. The van der Waals surface area contributed by atoms with E-state index in [0.29, 0.717) is 5.02 Å². The third kappa shape index (κ3) is 3.25. The molecule has 1 N–H and O–H groups in total. The maximum absolute atomic E-state index is 12.1. The molecule has 0 aliphatic carbocycles. The van der Waals surface area contributed by atoms with E-state index in [1.54, 1.807) is 12.1 Å². The quantitative estimate of drug-likeness (QED) is 0.694. The molecule has 0 saturated heterocycles. The van der Waals surface area contributed by atoms with E-state index < -0.39 is 14.9 Å². The summed E-state index contributed by atoms with van der Waals surface area (Å²) >= 11 is 5.76. The molecule has 20 heavy (non-hydrogen) atoms. The zero-order valence-corrected chi connectivity index (χ0v) is 11.6. The molecule has 2 rings (SSSR count). The summed E-state index contributed by atoms with van der Waals surface area (Å²) in [5, 5.41) is 11.0. The van der Waals surface area contributed by atoms with Crippen molar-refractivity contribution < 1.29 is 13.3 Å². The van der Waals surface area contributed by atoms with Crippen molar-refractivity contribution in [3.63, 3.8) is 0 Å². The smallest absolute Gasteiger partial charge is 0.270 e. The van der Waals surface area contributed by atoms with E-state index in [9.17, 15) is 18.5 Å². The number of hydrogen-bond donors (Lipinski definition) is 1. The molecule has 0 heterocycles. The highest BCUT2D eigenvalue weighted by atomic mass is 35.5. The Morgan fingerprint density at radius 2 is 1.80 bits per heavy atom. The molecule has 0 atom stereocenters. The number of nitrogens with one attached hydrogen (secondary N) is 1. The van der Waals surface area contributed by atoms with Gasteiger partial charge in [0, 0.05) is 17.2 Å². The van der Waals surface area contributed by atoms with Gasteiger partial charge in [0.25, 0.3) is 15.7 Å². The van der Waals surface area contributed by atoms with Crippen LogP contribution in [0.3, 0.4) is 0 Å². The highest BCUT2D eigenvalue weighted by Crippen LogP contribution is 2.22. The molecule has 0 fully saturated rings. The fraction of sp³-hybridized carbons (Fsp3) is 0. The first-order chi connectivity index (χ1) is 9.38. The Labute approximate surface area is 120 Å². The fourth-order valence-corrected chi connectivity index (χ4v) is 2.81. The van der Waals surface area contributed by atoms with Crippen molar-refractivity contribution in [2.75, 3.05) is 4.72 Å². The van der Waals surface area contributed by atoms with Crippen LogP contribution < -0.4 is 4.72 Å². The van der Waals surface area contributed by atoms with Crippen LogP contribution in [-0.2, 0) is 10.0 Å². The zero-order chi connectivity index (χ0) is 14.8. The Kier molecular flexibility index (Phi) is 3.91. The maximum Gasteiger partial charge on any atom is 0.270 e. The van der Waals surface area contributed by atoms with Gasteiger partial charge in [0.15, 0.2) is 0 Å². The van der Waals surface area contributed by atoms with Crippen LogP contribution >= 0.6 is 11.6 Å². The highest BCUT2D eigenvalue weighted by molar-refractivity contribution is 7.92. The zero-order valence-electron chi connectivity index (χ0n) is 9.99. The number of hydrogen-bond acceptors (Lipinski definition) is 4. The molecule has 0 aliphatic heterocycles. The van der Waals surface area contributed by atoms with Crippen molar-refractivity contribution in [3.05, 3.63) is 63.7 Å². The summed E-state index contributed by atoms with van der Waals surface area (Å²) in [5.41, 5.74) is -0.0111. The van der Waals surface area contributed by atoms with Gasteiger partial charge in [-0.3, -0.25) is 14.8 Å². The lowest BCUT2D eigenvalue weighted by Crippen LogP contribution is -2.13. The van der Waals surface area contributed by atoms with E-state index in [0.717, 1.165) is 6.07 Å². The van der Waals surface area contributed by atoms with E-state index >= 15 is 0 Å². The molecule has 6 nitrogen and oxygen atoms in total. The van der Waals surface area contributed by atoms with Crippen LogP contribution in [0.25, 0.3) is 0 Å². The molecule has 0 bridgehead atoms. The molecule has 8 heteroatoms. The van der Waals surface area contributed by atoms with Crippen molar-refractivity contribution in [1.82, 2.24) is 0 Å². The standard InChI is InChI=1S/C12H9ClN2O4S/c13-9-3-1-4-10(7-9)14-20(18,19)12-6-2-5-11(8-12)15(16)17/h1-8,14H. The molecular weight excluding hydrogens is 304 g/mol. The number of nitro benzene ring substituents is 1. The Bertz CT molecular complexity index is 762. The van der Waals surface area contributed by atoms with Crippen molar-refractivity contribution in [3.8, 4) is 0 Å². The van der Waals surface area contributed by atoms with Gasteiger partial charge in [0.1, 0.15) is 0 Å². The Morgan fingerprint density at radius 3 is 2.45 bits per heavy atom. The van der Waals surface area contributed by atoms with Crippen LogP contribution in [0.15, 0.2) is 53.4 Å². The summed E-state index contributed by atoms with van der Waals surface area (Å²) in [5.74, 6) is 0. The van der Waals surface area contributed by atoms with Crippen molar-refractivity contribution in [2.45, 2.75) is 4.90 Å². The number of rotatable bonds is 4. The van der Waals surface area contributed by atoms with Crippen LogP contribution in [0.1, 0.15) is 0 Å². The van der Waals surface area contributed by atoms with E-state index in [1.807, 2.05) is 0 Å². The normalized spacial score (nSPS) is 11.1. The van der Waals surface area contributed by atoms with E-state index in [1.165, 1.54) is 30.3 Å². The van der Waals surface area contributed by atoms with Crippen LogP contribution in [0.5, 0.6) is 0 Å². The second-order valence-electron chi connectivity index (χ2n) is 3.87. The molecule has 0 amide bonds. The minimum Gasteiger partial charge on any atom is -0.280 e. The van der Waals surface area contributed by atoms with Gasteiger partial charge in [-0.05, 0) is 24.3 Å². The van der Waals surface area contributed by atoms with Gasteiger partial charge in [-0.25, -0.2) is 8.42 Å². The fourth-order valence-electron chi connectivity index (χ4n) is 1.53. The second kappa shape index (κ2) is 5.48. The summed E-state index contributed by atoms with van der Waals surface area (Å²) in [6.07, 6.45) is 0. The topological polar surface area (TPSA) is 89.3 Å². The summed E-state index contributed by atoms with van der Waals surface area (Å²) in [6, 6.07) is 11.0. The third-order valence-corrected chi connectivity index (χ3v) is 4.03. The number of anilines is 1. The van der Waals surface area contributed by atoms with E-state index in [4.69, 9.17) is 11.6 Å². The number of nitro groups is 1. The van der Waals surface area contributed by atoms with Gasteiger partial charge in [0.2, 0.25) is 0 Å². The minimum atomic E-state index is -3.90. The SMILES string of the molecule is O=[N+]([O-])c1cccc(S(=O)(=O)Nc2cccc(Cl)c2)c1. The molecule has 2 aromatic carbocycles. The highest BCUT2D eigenvalue weighted by Gasteiger charge is 2.17. The van der Waals surface area contributed by atoms with Crippen molar-refractivity contribution in [1.29, 1.82) is 0 Å². The third-order valence-electron chi connectivity index (χ3n) is 2.42. The van der Waals surface area contributed by atoms with Gasteiger partial charge in [-0.15, -0.1) is 0 Å². The summed E-state index contributed by atoms with van der Waals surface area (Å²) in [7, 11) is -3.90. The van der Waals surface area contributed by atoms with Crippen LogP contribution in [0.2, 0.25) is 5.02 Å². The molecule has 104 valence electrons.